The van der Waals surface area contributed by atoms with Crippen LogP contribution in [0.5, 0.6) is 5.75 Å². The van der Waals surface area contributed by atoms with Crippen LogP contribution in [0.4, 0.5) is 0 Å². The summed E-state index contributed by atoms with van der Waals surface area (Å²) < 4.78 is 5.46. The first-order valence-electron chi connectivity index (χ1n) is 8.02. The van der Waals surface area contributed by atoms with Gasteiger partial charge in [0.1, 0.15) is 5.75 Å². The normalized spacial score (nSPS) is 21.5. The van der Waals surface area contributed by atoms with Crippen molar-refractivity contribution in [1.29, 1.82) is 0 Å². The van der Waals surface area contributed by atoms with E-state index in [1.54, 1.807) is 7.11 Å². The summed E-state index contributed by atoms with van der Waals surface area (Å²) in [4.78, 5) is 0. The molecule has 0 saturated carbocycles. The Morgan fingerprint density at radius 3 is 2.50 bits per heavy atom. The van der Waals surface area contributed by atoms with Crippen molar-refractivity contribution in [3.63, 3.8) is 0 Å². The fraction of sp³-hybridized carbons (Fsp3) is 0.368. The van der Waals surface area contributed by atoms with Crippen LogP contribution in [0.15, 0.2) is 54.6 Å². The number of aryl methyl sites for hydroxylation is 1. The van der Waals surface area contributed by atoms with Crippen LogP contribution in [0, 0.1) is 0 Å². The van der Waals surface area contributed by atoms with Gasteiger partial charge in [0.05, 0.1) is 7.11 Å². The van der Waals surface area contributed by atoms with Crippen LogP contribution in [0.25, 0.3) is 0 Å². The van der Waals surface area contributed by atoms with Gasteiger partial charge < -0.3 is 15.4 Å². The third-order valence-electron chi connectivity index (χ3n) is 4.37. The summed E-state index contributed by atoms with van der Waals surface area (Å²) in [6, 6.07) is 19.8. The summed E-state index contributed by atoms with van der Waals surface area (Å²) in [6.45, 7) is 2.05. The predicted octanol–water partition coefficient (Wildman–Crippen LogP) is 2.93. The van der Waals surface area contributed by atoms with Crippen LogP contribution < -0.4 is 15.4 Å². The lowest BCUT2D eigenvalue weighted by atomic mass is 9.92. The lowest BCUT2D eigenvalue weighted by Crippen LogP contribution is -2.50. The van der Waals surface area contributed by atoms with Crippen LogP contribution in [0.1, 0.15) is 23.6 Å². The average Bonchev–Trinajstić information content (AvgIpc) is 2.61. The molecule has 3 heteroatoms. The molecule has 2 atom stereocenters. The molecule has 0 unspecified atom stereocenters. The number of methoxy groups -OCH3 is 1. The zero-order valence-electron chi connectivity index (χ0n) is 13.1. The SMILES string of the molecule is COc1ccccc1CC[C@H]1NCCN[C@H]1c1ccccc1. The van der Waals surface area contributed by atoms with Gasteiger partial charge in [-0.1, -0.05) is 48.5 Å². The molecule has 0 spiro atoms. The molecule has 2 N–H and O–H groups in total. The molecular formula is C19H24N2O. The molecule has 0 aliphatic carbocycles. The lowest BCUT2D eigenvalue weighted by molar-refractivity contribution is 0.311. The molecule has 1 aliphatic rings. The minimum absolute atomic E-state index is 0.379. The van der Waals surface area contributed by atoms with Crippen molar-refractivity contribution >= 4 is 0 Å². The first-order valence-corrected chi connectivity index (χ1v) is 8.02. The van der Waals surface area contributed by atoms with Crippen LogP contribution >= 0.6 is 0 Å². The van der Waals surface area contributed by atoms with Gasteiger partial charge in [0.25, 0.3) is 0 Å². The van der Waals surface area contributed by atoms with Crippen molar-refractivity contribution < 1.29 is 4.74 Å². The van der Waals surface area contributed by atoms with Gasteiger partial charge in [0.15, 0.2) is 0 Å². The van der Waals surface area contributed by atoms with E-state index >= 15 is 0 Å². The quantitative estimate of drug-likeness (QED) is 0.890. The van der Waals surface area contributed by atoms with Gasteiger partial charge in [0.2, 0.25) is 0 Å². The number of hydrogen-bond donors (Lipinski definition) is 2. The molecule has 3 nitrogen and oxygen atoms in total. The highest BCUT2D eigenvalue weighted by molar-refractivity contribution is 5.33. The van der Waals surface area contributed by atoms with Gasteiger partial charge in [-0.05, 0) is 30.0 Å². The van der Waals surface area contributed by atoms with Crippen LogP contribution in [0.3, 0.4) is 0 Å². The summed E-state index contributed by atoms with van der Waals surface area (Å²) in [5.41, 5.74) is 2.64. The minimum atomic E-state index is 0.379. The summed E-state index contributed by atoms with van der Waals surface area (Å²) in [6.07, 6.45) is 2.11. The van der Waals surface area contributed by atoms with Gasteiger partial charge in [0, 0.05) is 25.2 Å². The van der Waals surface area contributed by atoms with Crippen LogP contribution in [0.2, 0.25) is 0 Å². The Labute approximate surface area is 132 Å². The highest BCUT2D eigenvalue weighted by Gasteiger charge is 2.25. The number of para-hydroxylation sites is 1. The van der Waals surface area contributed by atoms with E-state index in [4.69, 9.17) is 4.74 Å². The van der Waals surface area contributed by atoms with E-state index in [0.717, 1.165) is 31.7 Å². The van der Waals surface area contributed by atoms with Gasteiger partial charge in [-0.3, -0.25) is 0 Å². The van der Waals surface area contributed by atoms with Crippen molar-refractivity contribution in [2.24, 2.45) is 0 Å². The van der Waals surface area contributed by atoms with Crippen molar-refractivity contribution in [3.05, 3.63) is 65.7 Å². The largest absolute Gasteiger partial charge is 0.496 e. The predicted molar refractivity (Wildman–Crippen MR) is 90.3 cm³/mol. The fourth-order valence-electron chi connectivity index (χ4n) is 3.25. The molecule has 1 heterocycles. The van der Waals surface area contributed by atoms with E-state index in [2.05, 4.69) is 53.1 Å². The van der Waals surface area contributed by atoms with E-state index < -0.39 is 0 Å². The molecule has 116 valence electrons. The Balaban J connectivity index is 1.69. The second kappa shape index (κ2) is 7.43. The zero-order chi connectivity index (χ0) is 15.2. The molecule has 1 fully saturated rings. The number of ether oxygens (including phenoxy) is 1. The zero-order valence-corrected chi connectivity index (χ0v) is 13.1. The maximum atomic E-state index is 5.46. The highest BCUT2D eigenvalue weighted by atomic mass is 16.5. The van der Waals surface area contributed by atoms with E-state index in [1.807, 2.05) is 12.1 Å². The summed E-state index contributed by atoms with van der Waals surface area (Å²) >= 11 is 0. The number of piperazine rings is 1. The lowest BCUT2D eigenvalue weighted by Gasteiger charge is -2.34. The van der Waals surface area contributed by atoms with Gasteiger partial charge in [-0.15, -0.1) is 0 Å². The van der Waals surface area contributed by atoms with E-state index in [0.29, 0.717) is 12.1 Å². The third kappa shape index (κ3) is 3.49. The topological polar surface area (TPSA) is 33.3 Å². The van der Waals surface area contributed by atoms with Crippen molar-refractivity contribution in [3.8, 4) is 5.75 Å². The Bertz CT molecular complexity index is 585. The molecule has 1 saturated heterocycles. The van der Waals surface area contributed by atoms with Crippen LogP contribution in [-0.2, 0) is 6.42 Å². The second-order valence-electron chi connectivity index (χ2n) is 5.75. The maximum absolute atomic E-state index is 5.46. The first-order chi connectivity index (χ1) is 10.9. The van der Waals surface area contributed by atoms with E-state index in [1.165, 1.54) is 11.1 Å². The molecule has 0 amide bonds. The molecule has 2 aromatic carbocycles. The fourth-order valence-corrected chi connectivity index (χ4v) is 3.25. The minimum Gasteiger partial charge on any atom is -0.496 e. The van der Waals surface area contributed by atoms with Crippen molar-refractivity contribution in [2.45, 2.75) is 24.9 Å². The first kappa shape index (κ1) is 15.1. The Hall–Kier alpha value is -1.84. The van der Waals surface area contributed by atoms with Gasteiger partial charge in [-0.2, -0.15) is 0 Å². The number of hydrogen-bond acceptors (Lipinski definition) is 3. The Morgan fingerprint density at radius 1 is 0.955 bits per heavy atom. The Kier molecular flexibility index (Phi) is 5.09. The monoisotopic (exact) mass is 296 g/mol. The van der Waals surface area contributed by atoms with Gasteiger partial charge in [-0.25, -0.2) is 0 Å². The molecule has 3 rings (SSSR count). The van der Waals surface area contributed by atoms with E-state index in [9.17, 15) is 0 Å². The van der Waals surface area contributed by atoms with Crippen molar-refractivity contribution in [2.75, 3.05) is 20.2 Å². The van der Waals surface area contributed by atoms with Gasteiger partial charge >= 0.3 is 0 Å². The van der Waals surface area contributed by atoms with E-state index in [-0.39, 0.29) is 0 Å². The highest BCUT2D eigenvalue weighted by Crippen LogP contribution is 2.25. The number of nitrogens with one attached hydrogen (secondary N) is 2. The maximum Gasteiger partial charge on any atom is 0.122 e. The molecule has 0 radical (unpaired) electrons. The second-order valence-corrected chi connectivity index (χ2v) is 5.75. The smallest absolute Gasteiger partial charge is 0.122 e. The molecule has 0 bridgehead atoms. The molecule has 2 aromatic rings. The average molecular weight is 296 g/mol. The third-order valence-corrected chi connectivity index (χ3v) is 4.37. The number of benzene rings is 2. The summed E-state index contributed by atoms with van der Waals surface area (Å²) in [5.74, 6) is 0.988. The van der Waals surface area contributed by atoms with Crippen LogP contribution in [-0.4, -0.2) is 26.2 Å². The molecule has 22 heavy (non-hydrogen) atoms. The standard InChI is InChI=1S/C19H24N2O/c1-22-18-10-6-5-7-15(18)11-12-17-19(21-14-13-20-17)16-8-3-2-4-9-16/h2-10,17,19-21H,11-14H2,1H3/t17-,19+/m1/s1. The number of rotatable bonds is 5. The summed E-state index contributed by atoms with van der Waals surface area (Å²) in [5, 5.41) is 7.33. The van der Waals surface area contributed by atoms with Crippen molar-refractivity contribution in [1.82, 2.24) is 10.6 Å². The molecular weight excluding hydrogens is 272 g/mol. The molecule has 1 aliphatic heterocycles. The Morgan fingerprint density at radius 2 is 1.68 bits per heavy atom. The molecule has 0 aromatic heterocycles. The summed E-state index contributed by atoms with van der Waals surface area (Å²) in [7, 11) is 1.74.